The molecule has 1 N–H and O–H groups in total. The predicted octanol–water partition coefficient (Wildman–Crippen LogP) is 0.264. The summed E-state index contributed by atoms with van der Waals surface area (Å²) in [6.45, 7) is 4.20. The fraction of sp³-hybridized carbons (Fsp3) is 0.650. The Balaban J connectivity index is 1.44. The highest BCUT2D eigenvalue weighted by molar-refractivity contribution is 7.89. The molecule has 2 heterocycles. The van der Waals surface area contributed by atoms with Crippen LogP contribution in [0.15, 0.2) is 29.2 Å². The minimum absolute atomic E-state index is 0.0295. The Morgan fingerprint density at radius 3 is 2.44 bits per heavy atom. The van der Waals surface area contributed by atoms with Gasteiger partial charge in [0.1, 0.15) is 12.4 Å². The maximum atomic E-state index is 12.6. The van der Waals surface area contributed by atoms with Crippen LogP contribution in [0.1, 0.15) is 19.8 Å². The second kappa shape index (κ2) is 10.9. The number of benzene rings is 1. The molecule has 180 valence electrons. The first kappa shape index (κ1) is 24.9. The first-order valence-corrected chi connectivity index (χ1v) is 13.9. The van der Waals surface area contributed by atoms with Gasteiger partial charge in [0.05, 0.1) is 36.3 Å². The Bertz CT molecular complexity index is 975. The van der Waals surface area contributed by atoms with Gasteiger partial charge in [0.25, 0.3) is 0 Å². The Morgan fingerprint density at radius 2 is 1.78 bits per heavy atom. The first-order chi connectivity index (χ1) is 15.2. The lowest BCUT2D eigenvalue weighted by molar-refractivity contribution is -0.126. The Kier molecular flexibility index (Phi) is 8.50. The third-order valence-corrected chi connectivity index (χ3v) is 9.38. The van der Waals surface area contributed by atoms with E-state index >= 15 is 0 Å². The van der Waals surface area contributed by atoms with Gasteiger partial charge in [-0.1, -0.05) is 0 Å². The van der Waals surface area contributed by atoms with Gasteiger partial charge in [-0.15, -0.1) is 0 Å². The molecule has 0 aromatic heterocycles. The van der Waals surface area contributed by atoms with E-state index in [0.29, 0.717) is 51.4 Å². The van der Waals surface area contributed by atoms with E-state index in [1.165, 1.54) is 20.7 Å². The van der Waals surface area contributed by atoms with Crippen LogP contribution >= 0.6 is 0 Å². The lowest BCUT2D eigenvalue weighted by atomic mass is 9.99. The summed E-state index contributed by atoms with van der Waals surface area (Å²) in [5.41, 5.74) is 0. The maximum Gasteiger partial charge on any atom is 0.243 e. The number of rotatable bonds is 9. The number of morpholine rings is 1. The second-order valence-electron chi connectivity index (χ2n) is 7.73. The number of ether oxygens (including phenoxy) is 2. The van der Waals surface area contributed by atoms with E-state index in [2.05, 4.69) is 5.32 Å². The number of hydrogen-bond donors (Lipinski definition) is 1. The molecule has 12 heteroatoms. The van der Waals surface area contributed by atoms with Gasteiger partial charge in [-0.3, -0.25) is 4.79 Å². The molecule has 1 atom stereocenters. The number of nitrogens with zero attached hydrogens (tertiary/aromatic N) is 2. The normalized spacial score (nSPS) is 21.2. The summed E-state index contributed by atoms with van der Waals surface area (Å²) in [7, 11) is -6.84. The molecule has 0 saturated carbocycles. The highest BCUT2D eigenvalue weighted by atomic mass is 32.2. The number of carbonyl (C=O) groups excluding carboxylic acids is 1. The number of sulfonamides is 2. The summed E-state index contributed by atoms with van der Waals surface area (Å²) in [6.07, 6.45) is 1.31. The summed E-state index contributed by atoms with van der Waals surface area (Å²) in [5.74, 6) is -0.0220. The van der Waals surface area contributed by atoms with E-state index < -0.39 is 20.0 Å². The average molecular weight is 490 g/mol. The van der Waals surface area contributed by atoms with E-state index in [-0.39, 0.29) is 42.2 Å². The zero-order valence-corrected chi connectivity index (χ0v) is 19.9. The van der Waals surface area contributed by atoms with Crippen LogP contribution in [-0.4, -0.2) is 89.7 Å². The van der Waals surface area contributed by atoms with Crippen molar-refractivity contribution in [2.75, 3.05) is 58.3 Å². The summed E-state index contributed by atoms with van der Waals surface area (Å²) in [6, 6.07) is 6.18. The lowest BCUT2D eigenvalue weighted by Gasteiger charge is -2.30. The van der Waals surface area contributed by atoms with Gasteiger partial charge >= 0.3 is 0 Å². The minimum atomic E-state index is -3.55. The van der Waals surface area contributed by atoms with Crippen LogP contribution in [0.3, 0.4) is 0 Å². The van der Waals surface area contributed by atoms with Gasteiger partial charge in [-0.2, -0.15) is 4.31 Å². The van der Waals surface area contributed by atoms with Gasteiger partial charge in [0.15, 0.2) is 0 Å². The quantitative estimate of drug-likeness (QED) is 0.494. The molecule has 1 amide bonds. The largest absolute Gasteiger partial charge is 0.492 e. The third kappa shape index (κ3) is 6.19. The summed E-state index contributed by atoms with van der Waals surface area (Å²) in [5, 5.41) is 2.79. The van der Waals surface area contributed by atoms with E-state index in [1.807, 2.05) is 0 Å². The van der Waals surface area contributed by atoms with E-state index in [1.54, 1.807) is 19.1 Å². The standard InChI is InChI=1S/C20H31N3O7S2/c1-2-31(25,26)23-10-3-4-17(16-23)20(24)21-9-13-30-18-5-7-19(8-6-18)32(27,28)22-11-14-29-15-12-22/h5-8,17H,2-4,9-16H2,1H3,(H,21,24)/t17-/m1/s1. The first-order valence-electron chi connectivity index (χ1n) is 10.8. The smallest absolute Gasteiger partial charge is 0.243 e. The highest BCUT2D eigenvalue weighted by Crippen LogP contribution is 2.21. The molecule has 1 aromatic carbocycles. The summed E-state index contributed by atoms with van der Waals surface area (Å²) < 4.78 is 62.9. The maximum absolute atomic E-state index is 12.6. The molecule has 10 nitrogen and oxygen atoms in total. The van der Waals surface area contributed by atoms with Gasteiger partial charge in [-0.25, -0.2) is 21.1 Å². The van der Waals surface area contributed by atoms with Gasteiger partial charge in [-0.05, 0) is 44.0 Å². The molecule has 0 spiro atoms. The van der Waals surface area contributed by atoms with Crippen LogP contribution in [-0.2, 0) is 29.6 Å². The van der Waals surface area contributed by atoms with Crippen molar-refractivity contribution in [2.45, 2.75) is 24.7 Å². The lowest BCUT2D eigenvalue weighted by Crippen LogP contribution is -2.46. The van der Waals surface area contributed by atoms with Crippen molar-refractivity contribution in [3.63, 3.8) is 0 Å². The van der Waals surface area contributed by atoms with Crippen LogP contribution in [0.25, 0.3) is 0 Å². The van der Waals surface area contributed by atoms with Crippen molar-refractivity contribution in [2.24, 2.45) is 5.92 Å². The Hall–Kier alpha value is -1.73. The Morgan fingerprint density at radius 1 is 1.09 bits per heavy atom. The predicted molar refractivity (Wildman–Crippen MR) is 118 cm³/mol. The van der Waals surface area contributed by atoms with Crippen molar-refractivity contribution in [1.82, 2.24) is 13.9 Å². The number of piperidine rings is 1. The van der Waals surface area contributed by atoms with E-state index in [0.717, 1.165) is 0 Å². The van der Waals surface area contributed by atoms with Crippen molar-refractivity contribution < 1.29 is 31.1 Å². The molecule has 0 unspecified atom stereocenters. The van der Waals surface area contributed by atoms with Crippen LogP contribution in [0, 0.1) is 5.92 Å². The van der Waals surface area contributed by atoms with E-state index in [4.69, 9.17) is 9.47 Å². The Labute approximate surface area is 190 Å². The summed E-state index contributed by atoms with van der Waals surface area (Å²) in [4.78, 5) is 12.6. The van der Waals surface area contributed by atoms with Crippen LogP contribution in [0.2, 0.25) is 0 Å². The zero-order valence-electron chi connectivity index (χ0n) is 18.2. The highest BCUT2D eigenvalue weighted by Gasteiger charge is 2.31. The van der Waals surface area contributed by atoms with Crippen molar-refractivity contribution in [3.8, 4) is 5.75 Å². The van der Waals surface area contributed by atoms with Crippen LogP contribution < -0.4 is 10.1 Å². The minimum Gasteiger partial charge on any atom is -0.492 e. The molecular formula is C20H31N3O7S2. The summed E-state index contributed by atoms with van der Waals surface area (Å²) >= 11 is 0. The fourth-order valence-electron chi connectivity index (χ4n) is 3.72. The molecule has 0 aliphatic carbocycles. The van der Waals surface area contributed by atoms with E-state index in [9.17, 15) is 21.6 Å². The van der Waals surface area contributed by atoms with Gasteiger partial charge < -0.3 is 14.8 Å². The molecule has 1 aromatic rings. The topological polar surface area (TPSA) is 122 Å². The van der Waals surface area contributed by atoms with Crippen LogP contribution in [0.4, 0.5) is 0 Å². The fourth-order valence-corrected chi connectivity index (χ4v) is 6.31. The number of hydrogen-bond acceptors (Lipinski definition) is 7. The molecule has 2 saturated heterocycles. The molecule has 0 radical (unpaired) electrons. The van der Waals surface area contributed by atoms with Gasteiger partial charge in [0.2, 0.25) is 26.0 Å². The second-order valence-corrected chi connectivity index (χ2v) is 11.9. The zero-order chi connectivity index (χ0) is 23.2. The van der Waals surface area contributed by atoms with Crippen molar-refractivity contribution >= 4 is 26.0 Å². The third-order valence-electron chi connectivity index (χ3n) is 5.61. The SMILES string of the molecule is CCS(=O)(=O)N1CCC[C@@H](C(=O)NCCOc2ccc(S(=O)(=O)N3CCOCC3)cc2)C1. The molecule has 3 rings (SSSR count). The number of carbonyl (C=O) groups is 1. The monoisotopic (exact) mass is 489 g/mol. The molecule has 32 heavy (non-hydrogen) atoms. The molecule has 2 aliphatic heterocycles. The molecule has 2 fully saturated rings. The average Bonchev–Trinajstić information content (AvgIpc) is 2.82. The van der Waals surface area contributed by atoms with Crippen molar-refractivity contribution in [3.05, 3.63) is 24.3 Å². The molecule has 2 aliphatic rings. The van der Waals surface area contributed by atoms with Crippen molar-refractivity contribution in [1.29, 1.82) is 0 Å². The number of amides is 1. The molecule has 0 bridgehead atoms. The molecular weight excluding hydrogens is 458 g/mol. The number of nitrogens with one attached hydrogen (secondary N) is 1. The van der Waals surface area contributed by atoms with Crippen LogP contribution in [0.5, 0.6) is 5.75 Å². The van der Waals surface area contributed by atoms with Gasteiger partial charge in [0, 0.05) is 26.2 Å².